The van der Waals surface area contributed by atoms with Gasteiger partial charge in [0.1, 0.15) is 6.07 Å². The molecular weight excluding hydrogens is 224 g/mol. The molecule has 1 aliphatic heterocycles. The van der Waals surface area contributed by atoms with Crippen LogP contribution in [0.15, 0.2) is 18.5 Å². The molecule has 0 amide bonds. The largest absolute Gasteiger partial charge is 0.382 e. The standard InChI is InChI=1S/C14H18N4/c15-7-12-3-5-16-9-14(12)17-8-11-4-6-18(10-11)13-1-2-13/h3,5,9,11,13,17H,1-2,4,6,8,10H2. The predicted octanol–water partition coefficient (Wildman–Crippen LogP) is 1.85. The Hall–Kier alpha value is -1.60. The fourth-order valence-corrected chi connectivity index (χ4v) is 2.69. The van der Waals surface area contributed by atoms with Crippen molar-refractivity contribution in [2.75, 3.05) is 25.0 Å². The van der Waals surface area contributed by atoms with E-state index in [9.17, 15) is 0 Å². The number of pyridine rings is 1. The van der Waals surface area contributed by atoms with Crippen LogP contribution >= 0.6 is 0 Å². The molecule has 1 saturated heterocycles. The zero-order valence-corrected chi connectivity index (χ0v) is 10.5. The van der Waals surface area contributed by atoms with Crippen LogP contribution in [-0.2, 0) is 0 Å². The molecule has 1 aromatic heterocycles. The molecule has 2 fully saturated rings. The van der Waals surface area contributed by atoms with Crippen molar-refractivity contribution >= 4 is 5.69 Å². The second-order valence-corrected chi connectivity index (χ2v) is 5.29. The molecule has 2 heterocycles. The summed E-state index contributed by atoms with van der Waals surface area (Å²) >= 11 is 0. The van der Waals surface area contributed by atoms with Gasteiger partial charge < -0.3 is 10.2 Å². The Kier molecular flexibility index (Phi) is 3.16. The second kappa shape index (κ2) is 4.95. The minimum Gasteiger partial charge on any atom is -0.382 e. The topological polar surface area (TPSA) is 52.0 Å². The number of likely N-dealkylation sites (tertiary alicyclic amines) is 1. The number of nitrogens with zero attached hydrogens (tertiary/aromatic N) is 3. The van der Waals surface area contributed by atoms with Gasteiger partial charge in [0.2, 0.25) is 0 Å². The first-order valence-corrected chi connectivity index (χ1v) is 6.69. The van der Waals surface area contributed by atoms with Crippen molar-refractivity contribution < 1.29 is 0 Å². The summed E-state index contributed by atoms with van der Waals surface area (Å²) in [6.45, 7) is 3.40. The third kappa shape index (κ3) is 2.46. The van der Waals surface area contributed by atoms with Crippen molar-refractivity contribution in [1.82, 2.24) is 9.88 Å². The summed E-state index contributed by atoms with van der Waals surface area (Å²) in [5.41, 5.74) is 1.55. The number of rotatable bonds is 4. The third-order valence-electron chi connectivity index (χ3n) is 3.90. The molecule has 94 valence electrons. The van der Waals surface area contributed by atoms with Gasteiger partial charge in [-0.3, -0.25) is 4.98 Å². The van der Waals surface area contributed by atoms with E-state index in [1.165, 1.54) is 32.4 Å². The number of nitriles is 1. The highest BCUT2D eigenvalue weighted by atomic mass is 15.2. The van der Waals surface area contributed by atoms with Crippen LogP contribution in [0.25, 0.3) is 0 Å². The van der Waals surface area contributed by atoms with Crippen LogP contribution in [0.4, 0.5) is 5.69 Å². The highest BCUT2D eigenvalue weighted by molar-refractivity contribution is 5.55. The number of anilines is 1. The summed E-state index contributed by atoms with van der Waals surface area (Å²) in [6, 6.07) is 4.83. The van der Waals surface area contributed by atoms with E-state index in [1.54, 1.807) is 18.5 Å². The lowest BCUT2D eigenvalue weighted by Gasteiger charge is -2.15. The Morgan fingerprint density at radius 1 is 1.44 bits per heavy atom. The maximum absolute atomic E-state index is 9.01. The highest BCUT2D eigenvalue weighted by Crippen LogP contribution is 2.31. The van der Waals surface area contributed by atoms with E-state index in [2.05, 4.69) is 21.3 Å². The minimum atomic E-state index is 0.682. The van der Waals surface area contributed by atoms with Gasteiger partial charge in [-0.05, 0) is 37.8 Å². The number of hydrogen-bond donors (Lipinski definition) is 1. The Balaban J connectivity index is 1.53. The smallest absolute Gasteiger partial charge is 0.101 e. The van der Waals surface area contributed by atoms with Crippen LogP contribution in [-0.4, -0.2) is 35.6 Å². The number of nitrogens with one attached hydrogen (secondary N) is 1. The van der Waals surface area contributed by atoms with E-state index in [0.717, 1.165) is 18.3 Å². The maximum atomic E-state index is 9.01. The second-order valence-electron chi connectivity index (χ2n) is 5.29. The lowest BCUT2D eigenvalue weighted by molar-refractivity contribution is 0.316. The molecule has 3 rings (SSSR count). The molecule has 1 aliphatic carbocycles. The van der Waals surface area contributed by atoms with Crippen molar-refractivity contribution in [1.29, 1.82) is 5.26 Å². The van der Waals surface area contributed by atoms with Gasteiger partial charge in [-0.15, -0.1) is 0 Å². The van der Waals surface area contributed by atoms with E-state index in [0.29, 0.717) is 11.5 Å². The monoisotopic (exact) mass is 242 g/mol. The molecule has 0 radical (unpaired) electrons. The Morgan fingerprint density at radius 2 is 2.33 bits per heavy atom. The van der Waals surface area contributed by atoms with Crippen molar-refractivity contribution in [3.63, 3.8) is 0 Å². The average Bonchev–Trinajstić information content (AvgIpc) is 3.16. The van der Waals surface area contributed by atoms with E-state index >= 15 is 0 Å². The van der Waals surface area contributed by atoms with Gasteiger partial charge in [0, 0.05) is 25.3 Å². The molecule has 1 saturated carbocycles. The Labute approximate surface area is 108 Å². The molecule has 1 unspecified atom stereocenters. The van der Waals surface area contributed by atoms with Gasteiger partial charge in [0.05, 0.1) is 17.4 Å². The summed E-state index contributed by atoms with van der Waals surface area (Å²) in [7, 11) is 0. The lowest BCUT2D eigenvalue weighted by Crippen LogP contribution is -2.24. The molecule has 1 atom stereocenters. The normalized spacial score (nSPS) is 23.8. The van der Waals surface area contributed by atoms with Crippen molar-refractivity contribution in [3.05, 3.63) is 24.0 Å². The zero-order valence-electron chi connectivity index (χ0n) is 10.5. The van der Waals surface area contributed by atoms with Crippen molar-refractivity contribution in [2.45, 2.75) is 25.3 Å². The fourth-order valence-electron chi connectivity index (χ4n) is 2.69. The summed E-state index contributed by atoms with van der Waals surface area (Å²) in [6.07, 6.45) is 7.45. The molecule has 4 heteroatoms. The minimum absolute atomic E-state index is 0.682. The van der Waals surface area contributed by atoms with Crippen LogP contribution in [0.3, 0.4) is 0 Å². The van der Waals surface area contributed by atoms with Gasteiger partial charge in [-0.25, -0.2) is 0 Å². The number of hydrogen-bond acceptors (Lipinski definition) is 4. The summed E-state index contributed by atoms with van der Waals surface area (Å²) in [5, 5.41) is 12.4. The molecule has 18 heavy (non-hydrogen) atoms. The molecular formula is C14H18N4. The summed E-state index contributed by atoms with van der Waals surface area (Å²) in [5.74, 6) is 0.706. The van der Waals surface area contributed by atoms with E-state index in [-0.39, 0.29) is 0 Å². The molecule has 0 bridgehead atoms. The van der Waals surface area contributed by atoms with Crippen molar-refractivity contribution in [2.24, 2.45) is 5.92 Å². The van der Waals surface area contributed by atoms with Crippen molar-refractivity contribution in [3.8, 4) is 6.07 Å². The maximum Gasteiger partial charge on any atom is 0.101 e. The van der Waals surface area contributed by atoms with E-state index in [1.807, 2.05) is 0 Å². The molecule has 0 spiro atoms. The van der Waals surface area contributed by atoms with Crippen LogP contribution in [0, 0.1) is 17.2 Å². The van der Waals surface area contributed by atoms with E-state index in [4.69, 9.17) is 5.26 Å². The first kappa shape index (κ1) is 11.5. The fraction of sp³-hybridized carbons (Fsp3) is 0.571. The van der Waals surface area contributed by atoms with Crippen LogP contribution in [0.1, 0.15) is 24.8 Å². The molecule has 2 aliphatic rings. The average molecular weight is 242 g/mol. The van der Waals surface area contributed by atoms with E-state index < -0.39 is 0 Å². The van der Waals surface area contributed by atoms with Crippen LogP contribution in [0.2, 0.25) is 0 Å². The first-order chi connectivity index (χ1) is 8.86. The predicted molar refractivity (Wildman–Crippen MR) is 70.1 cm³/mol. The van der Waals surface area contributed by atoms with Gasteiger partial charge in [0.15, 0.2) is 0 Å². The highest BCUT2D eigenvalue weighted by Gasteiger charge is 2.34. The summed E-state index contributed by atoms with van der Waals surface area (Å²) in [4.78, 5) is 6.68. The van der Waals surface area contributed by atoms with Gasteiger partial charge in [-0.1, -0.05) is 0 Å². The van der Waals surface area contributed by atoms with Crippen LogP contribution < -0.4 is 5.32 Å². The molecule has 1 aromatic rings. The van der Waals surface area contributed by atoms with Gasteiger partial charge in [-0.2, -0.15) is 5.26 Å². The quantitative estimate of drug-likeness (QED) is 0.875. The van der Waals surface area contributed by atoms with Crippen LogP contribution in [0.5, 0.6) is 0 Å². The van der Waals surface area contributed by atoms with Gasteiger partial charge in [0.25, 0.3) is 0 Å². The number of aromatic nitrogens is 1. The summed E-state index contributed by atoms with van der Waals surface area (Å²) < 4.78 is 0. The molecule has 0 aromatic carbocycles. The zero-order chi connectivity index (χ0) is 12.4. The Morgan fingerprint density at radius 3 is 3.11 bits per heavy atom. The lowest BCUT2D eigenvalue weighted by atomic mass is 10.1. The Bertz CT molecular complexity index is 461. The third-order valence-corrected chi connectivity index (χ3v) is 3.90. The first-order valence-electron chi connectivity index (χ1n) is 6.69. The van der Waals surface area contributed by atoms with Gasteiger partial charge >= 0.3 is 0 Å². The SMILES string of the molecule is N#Cc1ccncc1NCC1CCN(C2CC2)C1. The molecule has 1 N–H and O–H groups in total. The molecule has 4 nitrogen and oxygen atoms in total.